The summed E-state index contributed by atoms with van der Waals surface area (Å²) in [5, 5.41) is 0. The van der Waals surface area contributed by atoms with Crippen LogP contribution in [0.15, 0.2) is 29.2 Å². The fraction of sp³-hybridized carbons (Fsp3) is 0.625. The second kappa shape index (κ2) is 7.73. The van der Waals surface area contributed by atoms with Gasteiger partial charge < -0.3 is 9.47 Å². The van der Waals surface area contributed by atoms with Gasteiger partial charge in [0.1, 0.15) is 0 Å². The van der Waals surface area contributed by atoms with Crippen LogP contribution in [-0.2, 0) is 16.0 Å². The lowest BCUT2D eigenvalue weighted by molar-refractivity contribution is -0.0977. The maximum absolute atomic E-state index is 12.3. The number of thioether (sulfide) groups is 1. The molecule has 0 spiro atoms. The van der Waals surface area contributed by atoms with Crippen LogP contribution in [0.3, 0.4) is 0 Å². The average Bonchev–Trinajstić information content (AvgIpc) is 3.04. The van der Waals surface area contributed by atoms with Crippen LogP contribution in [0.25, 0.3) is 0 Å². The maximum Gasteiger partial charge on any atom is 0.288 e. The second-order valence-electron chi connectivity index (χ2n) is 5.75. The molecule has 0 N–H and O–H groups in total. The summed E-state index contributed by atoms with van der Waals surface area (Å²) in [6, 6.07) is 7.44. The second-order valence-corrected chi connectivity index (χ2v) is 6.81. The van der Waals surface area contributed by atoms with Crippen molar-refractivity contribution in [3.05, 3.63) is 29.8 Å². The van der Waals surface area contributed by atoms with Gasteiger partial charge in [-0.1, -0.05) is 23.9 Å². The third kappa shape index (κ3) is 4.41. The minimum Gasteiger partial charge on any atom is -0.350 e. The van der Waals surface area contributed by atoms with Gasteiger partial charge in [0.2, 0.25) is 0 Å². The topological polar surface area (TPSA) is 21.7 Å². The highest BCUT2D eigenvalue weighted by molar-refractivity contribution is 7.99. The SMILES string of the molecule is FC(F)Sc1ccc(CN2CCC(C3OCCO3)CC2)cc1. The van der Waals surface area contributed by atoms with Crippen molar-refractivity contribution < 1.29 is 18.3 Å². The number of alkyl halides is 2. The van der Waals surface area contributed by atoms with Crippen molar-refractivity contribution in [1.29, 1.82) is 0 Å². The van der Waals surface area contributed by atoms with Crippen LogP contribution < -0.4 is 0 Å². The Kier molecular flexibility index (Phi) is 5.68. The van der Waals surface area contributed by atoms with Crippen molar-refractivity contribution in [2.75, 3.05) is 26.3 Å². The first-order valence-electron chi connectivity index (χ1n) is 7.70. The molecule has 0 atom stereocenters. The van der Waals surface area contributed by atoms with Gasteiger partial charge in [-0.3, -0.25) is 4.90 Å². The highest BCUT2D eigenvalue weighted by atomic mass is 32.2. The summed E-state index contributed by atoms with van der Waals surface area (Å²) >= 11 is 0.593. The number of hydrogen-bond donors (Lipinski definition) is 0. The van der Waals surface area contributed by atoms with Crippen LogP contribution >= 0.6 is 11.8 Å². The fourth-order valence-electron chi connectivity index (χ4n) is 3.07. The predicted octanol–water partition coefficient (Wildman–Crippen LogP) is 3.59. The molecule has 3 nitrogen and oxygen atoms in total. The fourth-order valence-corrected chi connectivity index (χ4v) is 3.57. The molecule has 6 heteroatoms. The van der Waals surface area contributed by atoms with Gasteiger partial charge in [-0.05, 0) is 43.6 Å². The van der Waals surface area contributed by atoms with Crippen molar-refractivity contribution in [2.24, 2.45) is 5.92 Å². The number of nitrogens with zero attached hydrogens (tertiary/aromatic N) is 1. The lowest BCUT2D eigenvalue weighted by Crippen LogP contribution is -2.37. The molecule has 3 rings (SSSR count). The van der Waals surface area contributed by atoms with Gasteiger partial charge in [0.25, 0.3) is 5.76 Å². The molecule has 0 aliphatic carbocycles. The predicted molar refractivity (Wildman–Crippen MR) is 82.0 cm³/mol. The molecule has 0 unspecified atom stereocenters. The Balaban J connectivity index is 1.46. The summed E-state index contributed by atoms with van der Waals surface area (Å²) in [6.07, 6.45) is 2.17. The summed E-state index contributed by atoms with van der Waals surface area (Å²) in [6.45, 7) is 4.36. The summed E-state index contributed by atoms with van der Waals surface area (Å²) < 4.78 is 35.8. The van der Waals surface area contributed by atoms with E-state index in [4.69, 9.17) is 9.47 Å². The lowest BCUT2D eigenvalue weighted by atomic mass is 9.96. The van der Waals surface area contributed by atoms with Crippen molar-refractivity contribution in [3.8, 4) is 0 Å². The Labute approximate surface area is 134 Å². The van der Waals surface area contributed by atoms with Crippen molar-refractivity contribution in [2.45, 2.75) is 36.3 Å². The highest BCUT2D eigenvalue weighted by Crippen LogP contribution is 2.28. The molecule has 2 heterocycles. The van der Waals surface area contributed by atoms with E-state index in [-0.39, 0.29) is 6.29 Å². The van der Waals surface area contributed by atoms with E-state index in [1.54, 1.807) is 12.1 Å². The zero-order valence-electron chi connectivity index (χ0n) is 12.4. The normalized spacial score (nSPS) is 21.8. The summed E-state index contributed by atoms with van der Waals surface area (Å²) in [7, 11) is 0. The molecule has 0 aromatic heterocycles. The number of benzene rings is 1. The Morgan fingerprint density at radius 3 is 2.32 bits per heavy atom. The number of halogens is 2. The van der Waals surface area contributed by atoms with E-state index >= 15 is 0 Å². The molecule has 0 radical (unpaired) electrons. The Morgan fingerprint density at radius 1 is 1.09 bits per heavy atom. The molecule has 0 amide bonds. The van der Waals surface area contributed by atoms with E-state index in [2.05, 4.69) is 4.90 Å². The van der Waals surface area contributed by atoms with Gasteiger partial charge in [-0.25, -0.2) is 0 Å². The van der Waals surface area contributed by atoms with Crippen molar-refractivity contribution >= 4 is 11.8 Å². The van der Waals surface area contributed by atoms with Crippen molar-refractivity contribution in [1.82, 2.24) is 4.90 Å². The van der Waals surface area contributed by atoms with Crippen LogP contribution in [0.2, 0.25) is 0 Å². The molecule has 2 saturated heterocycles. The standard InChI is InChI=1S/C16H21F2NO2S/c17-16(18)22-14-3-1-12(2-4-14)11-19-7-5-13(6-8-19)15-20-9-10-21-15/h1-4,13,15-16H,5-11H2. The number of hydrogen-bond acceptors (Lipinski definition) is 4. The monoisotopic (exact) mass is 329 g/mol. The van der Waals surface area contributed by atoms with Gasteiger partial charge >= 0.3 is 0 Å². The molecule has 1 aromatic rings. The molecular formula is C16H21F2NO2S. The van der Waals surface area contributed by atoms with Gasteiger partial charge in [0, 0.05) is 17.4 Å². The Bertz CT molecular complexity index is 458. The first-order valence-corrected chi connectivity index (χ1v) is 8.58. The van der Waals surface area contributed by atoms with Crippen LogP contribution in [0.5, 0.6) is 0 Å². The molecule has 2 fully saturated rings. The first kappa shape index (κ1) is 16.2. The number of rotatable bonds is 5. The minimum atomic E-state index is -2.36. The third-order valence-electron chi connectivity index (χ3n) is 4.22. The number of piperidine rings is 1. The summed E-state index contributed by atoms with van der Waals surface area (Å²) in [5.74, 6) is -1.85. The maximum atomic E-state index is 12.3. The smallest absolute Gasteiger partial charge is 0.288 e. The molecule has 0 saturated carbocycles. The molecular weight excluding hydrogens is 308 g/mol. The Hall–Kier alpha value is -0.690. The lowest BCUT2D eigenvalue weighted by Gasteiger charge is -2.33. The van der Waals surface area contributed by atoms with Crippen LogP contribution in [0.4, 0.5) is 8.78 Å². The van der Waals surface area contributed by atoms with E-state index < -0.39 is 5.76 Å². The van der Waals surface area contributed by atoms with Crippen LogP contribution in [0, 0.1) is 5.92 Å². The molecule has 0 bridgehead atoms. The van der Waals surface area contributed by atoms with Gasteiger partial charge in [0.05, 0.1) is 13.2 Å². The number of likely N-dealkylation sites (tertiary alicyclic amines) is 1. The molecule has 22 heavy (non-hydrogen) atoms. The van der Waals surface area contributed by atoms with Crippen LogP contribution in [0.1, 0.15) is 18.4 Å². The highest BCUT2D eigenvalue weighted by Gasteiger charge is 2.30. The van der Waals surface area contributed by atoms with E-state index in [0.29, 0.717) is 35.8 Å². The third-order valence-corrected chi connectivity index (χ3v) is 4.94. The molecule has 1 aromatic carbocycles. The van der Waals surface area contributed by atoms with Crippen molar-refractivity contribution in [3.63, 3.8) is 0 Å². The van der Waals surface area contributed by atoms with Gasteiger partial charge in [0.15, 0.2) is 6.29 Å². The zero-order valence-corrected chi connectivity index (χ0v) is 13.2. The van der Waals surface area contributed by atoms with Gasteiger partial charge in [-0.2, -0.15) is 8.78 Å². The van der Waals surface area contributed by atoms with E-state index in [1.165, 1.54) is 5.56 Å². The first-order chi connectivity index (χ1) is 10.7. The summed E-state index contributed by atoms with van der Waals surface area (Å²) in [5.41, 5.74) is 1.17. The van der Waals surface area contributed by atoms with E-state index in [0.717, 1.165) is 32.5 Å². The van der Waals surface area contributed by atoms with Gasteiger partial charge in [-0.15, -0.1) is 0 Å². The summed E-state index contributed by atoms with van der Waals surface area (Å²) in [4.78, 5) is 3.02. The number of ether oxygens (including phenoxy) is 2. The van der Waals surface area contributed by atoms with E-state index in [1.807, 2.05) is 12.1 Å². The largest absolute Gasteiger partial charge is 0.350 e. The molecule has 2 aliphatic heterocycles. The average molecular weight is 329 g/mol. The zero-order chi connectivity index (χ0) is 15.4. The van der Waals surface area contributed by atoms with E-state index in [9.17, 15) is 8.78 Å². The quantitative estimate of drug-likeness (QED) is 0.770. The molecule has 122 valence electrons. The van der Waals surface area contributed by atoms with Crippen LogP contribution in [-0.4, -0.2) is 43.3 Å². The minimum absolute atomic E-state index is 0.00666. The Morgan fingerprint density at radius 2 is 1.73 bits per heavy atom. The molecule has 2 aliphatic rings.